The Balaban J connectivity index is 1.98. The van der Waals surface area contributed by atoms with Crippen LogP contribution in [0.3, 0.4) is 0 Å². The van der Waals surface area contributed by atoms with Crippen LogP contribution in [0.15, 0.2) is 45.6 Å². The van der Waals surface area contributed by atoms with Crippen molar-refractivity contribution < 1.29 is 13.9 Å². The van der Waals surface area contributed by atoms with Crippen molar-refractivity contribution >= 4 is 34.8 Å². The predicted octanol–water partition coefficient (Wildman–Crippen LogP) is 5.21. The van der Waals surface area contributed by atoms with Gasteiger partial charge in [-0.05, 0) is 68.7 Å². The fourth-order valence-corrected chi connectivity index (χ4v) is 3.65. The molecule has 2 aromatic carbocycles. The molecule has 1 heterocycles. The van der Waals surface area contributed by atoms with E-state index in [4.69, 9.17) is 9.15 Å². The summed E-state index contributed by atoms with van der Waals surface area (Å²) in [6.07, 6.45) is 3.62. The molecule has 1 aromatic heterocycles. The monoisotopic (exact) mass is 405 g/mol. The maximum atomic E-state index is 12.7. The van der Waals surface area contributed by atoms with Crippen LogP contribution in [-0.2, 0) is 4.74 Å². The fraction of sp³-hybridized carbons (Fsp3) is 0.280. The summed E-state index contributed by atoms with van der Waals surface area (Å²) in [4.78, 5) is 26.6. The maximum absolute atomic E-state index is 12.7. The molecule has 0 amide bonds. The number of aryl methyl sites for hydroxylation is 2. The molecule has 0 spiro atoms. The Morgan fingerprint density at radius 3 is 2.43 bits per heavy atom. The van der Waals surface area contributed by atoms with Gasteiger partial charge in [0.25, 0.3) is 0 Å². The van der Waals surface area contributed by atoms with E-state index in [2.05, 4.69) is 24.8 Å². The SMILES string of the molecule is CCN(CC)c1ccc2c(C)c(/C=C/c3ccc(C(=O)OC)c(C)c3)c(=O)oc2c1. The summed E-state index contributed by atoms with van der Waals surface area (Å²) in [7, 11) is 1.36. The van der Waals surface area contributed by atoms with Crippen LogP contribution in [-0.4, -0.2) is 26.2 Å². The van der Waals surface area contributed by atoms with Gasteiger partial charge >= 0.3 is 11.6 Å². The summed E-state index contributed by atoms with van der Waals surface area (Å²) in [5.74, 6) is -0.363. The van der Waals surface area contributed by atoms with E-state index in [1.807, 2.05) is 44.2 Å². The number of benzene rings is 2. The number of hydrogen-bond acceptors (Lipinski definition) is 5. The number of methoxy groups -OCH3 is 1. The molecule has 0 aliphatic carbocycles. The van der Waals surface area contributed by atoms with Gasteiger partial charge in [-0.1, -0.05) is 18.2 Å². The van der Waals surface area contributed by atoms with Gasteiger partial charge in [0.15, 0.2) is 0 Å². The lowest BCUT2D eigenvalue weighted by molar-refractivity contribution is 0.0600. The average molecular weight is 405 g/mol. The van der Waals surface area contributed by atoms with Crippen molar-refractivity contribution in [3.8, 4) is 0 Å². The standard InChI is InChI=1S/C25H27NO4/c1-6-26(7-2)19-10-13-21-17(4)22(25(28)30-23(21)15-19)12-9-18-8-11-20(16(3)14-18)24(27)29-5/h8-15H,6-7H2,1-5H3/b12-9+. The van der Waals surface area contributed by atoms with Crippen molar-refractivity contribution in [1.82, 2.24) is 0 Å². The molecule has 0 N–H and O–H groups in total. The highest BCUT2D eigenvalue weighted by atomic mass is 16.5. The largest absolute Gasteiger partial charge is 0.465 e. The van der Waals surface area contributed by atoms with Crippen molar-refractivity contribution in [1.29, 1.82) is 0 Å². The molecular formula is C25H27NO4. The molecule has 0 aliphatic rings. The lowest BCUT2D eigenvalue weighted by Gasteiger charge is -2.21. The number of esters is 1. The van der Waals surface area contributed by atoms with E-state index in [9.17, 15) is 9.59 Å². The van der Waals surface area contributed by atoms with Crippen LogP contribution in [0.5, 0.6) is 0 Å². The second-order valence-corrected chi connectivity index (χ2v) is 7.18. The number of carbonyl (C=O) groups is 1. The molecule has 0 aliphatic heterocycles. The molecule has 5 heteroatoms. The van der Waals surface area contributed by atoms with Crippen LogP contribution in [0.2, 0.25) is 0 Å². The van der Waals surface area contributed by atoms with Gasteiger partial charge in [0, 0.05) is 30.2 Å². The number of fused-ring (bicyclic) bond motifs is 1. The fourth-order valence-electron chi connectivity index (χ4n) is 3.65. The number of nitrogens with zero attached hydrogens (tertiary/aromatic N) is 1. The first-order valence-corrected chi connectivity index (χ1v) is 10.1. The molecule has 0 bridgehead atoms. The zero-order valence-corrected chi connectivity index (χ0v) is 18.1. The van der Waals surface area contributed by atoms with Crippen LogP contribution >= 0.6 is 0 Å². The lowest BCUT2D eigenvalue weighted by atomic mass is 10.0. The molecule has 30 heavy (non-hydrogen) atoms. The molecule has 0 saturated carbocycles. The lowest BCUT2D eigenvalue weighted by Crippen LogP contribution is -2.21. The Morgan fingerprint density at radius 2 is 1.80 bits per heavy atom. The maximum Gasteiger partial charge on any atom is 0.343 e. The zero-order chi connectivity index (χ0) is 21.8. The highest BCUT2D eigenvalue weighted by Gasteiger charge is 2.12. The first kappa shape index (κ1) is 21.4. The Kier molecular flexibility index (Phi) is 6.40. The van der Waals surface area contributed by atoms with Gasteiger partial charge in [-0.3, -0.25) is 0 Å². The van der Waals surface area contributed by atoms with Crippen LogP contribution in [0.4, 0.5) is 5.69 Å². The van der Waals surface area contributed by atoms with Crippen LogP contribution < -0.4 is 10.5 Å². The van der Waals surface area contributed by atoms with E-state index in [0.717, 1.165) is 40.9 Å². The number of ether oxygens (including phenoxy) is 1. The highest BCUT2D eigenvalue weighted by Crippen LogP contribution is 2.26. The average Bonchev–Trinajstić information content (AvgIpc) is 2.74. The summed E-state index contributed by atoms with van der Waals surface area (Å²) in [6, 6.07) is 11.4. The van der Waals surface area contributed by atoms with Gasteiger partial charge < -0.3 is 14.1 Å². The third-order valence-corrected chi connectivity index (χ3v) is 5.42. The minimum atomic E-state index is -0.365. The van der Waals surface area contributed by atoms with Crippen molar-refractivity contribution in [2.75, 3.05) is 25.1 Å². The number of carbonyl (C=O) groups excluding carboxylic acids is 1. The molecule has 3 aromatic rings. The van der Waals surface area contributed by atoms with E-state index in [0.29, 0.717) is 16.7 Å². The highest BCUT2D eigenvalue weighted by molar-refractivity contribution is 5.91. The van der Waals surface area contributed by atoms with E-state index in [1.54, 1.807) is 12.1 Å². The first-order chi connectivity index (χ1) is 14.4. The van der Waals surface area contributed by atoms with Crippen molar-refractivity contribution in [2.24, 2.45) is 0 Å². The van der Waals surface area contributed by atoms with Crippen LogP contribution in [0.25, 0.3) is 23.1 Å². The smallest absolute Gasteiger partial charge is 0.343 e. The molecule has 5 nitrogen and oxygen atoms in total. The van der Waals surface area contributed by atoms with Crippen LogP contribution in [0, 0.1) is 13.8 Å². The van der Waals surface area contributed by atoms with Gasteiger partial charge in [0.1, 0.15) is 5.58 Å². The van der Waals surface area contributed by atoms with E-state index < -0.39 is 0 Å². The van der Waals surface area contributed by atoms with E-state index in [-0.39, 0.29) is 11.6 Å². The van der Waals surface area contributed by atoms with E-state index in [1.165, 1.54) is 7.11 Å². The summed E-state index contributed by atoms with van der Waals surface area (Å²) < 4.78 is 10.4. The van der Waals surface area contributed by atoms with Crippen LogP contribution in [0.1, 0.15) is 46.5 Å². The number of hydrogen-bond donors (Lipinski definition) is 0. The van der Waals surface area contributed by atoms with Gasteiger partial charge in [0.2, 0.25) is 0 Å². The Morgan fingerprint density at radius 1 is 1.07 bits per heavy atom. The summed E-state index contributed by atoms with van der Waals surface area (Å²) in [5.41, 5.74) is 4.90. The normalized spacial score (nSPS) is 11.2. The Labute approximate surface area is 176 Å². The van der Waals surface area contributed by atoms with Gasteiger partial charge in [-0.15, -0.1) is 0 Å². The molecule has 156 valence electrons. The molecule has 0 saturated heterocycles. The first-order valence-electron chi connectivity index (χ1n) is 10.1. The summed E-state index contributed by atoms with van der Waals surface area (Å²) in [6.45, 7) is 9.76. The number of anilines is 1. The minimum Gasteiger partial charge on any atom is -0.465 e. The van der Waals surface area contributed by atoms with Crippen molar-refractivity contribution in [3.05, 3.63) is 74.6 Å². The summed E-state index contributed by atoms with van der Waals surface area (Å²) in [5, 5.41) is 0.919. The molecule has 3 rings (SSSR count). The Bertz CT molecular complexity index is 1170. The third-order valence-electron chi connectivity index (χ3n) is 5.42. The zero-order valence-electron chi connectivity index (χ0n) is 18.1. The minimum absolute atomic E-state index is 0.363. The van der Waals surface area contributed by atoms with Crippen molar-refractivity contribution in [2.45, 2.75) is 27.7 Å². The predicted molar refractivity (Wildman–Crippen MR) is 122 cm³/mol. The Hall–Kier alpha value is -3.34. The van der Waals surface area contributed by atoms with Gasteiger partial charge in [0.05, 0.1) is 18.2 Å². The quantitative estimate of drug-likeness (QED) is 0.416. The van der Waals surface area contributed by atoms with Gasteiger partial charge in [-0.25, -0.2) is 9.59 Å². The second-order valence-electron chi connectivity index (χ2n) is 7.18. The third kappa shape index (κ3) is 4.15. The molecule has 0 radical (unpaired) electrons. The van der Waals surface area contributed by atoms with Gasteiger partial charge in [-0.2, -0.15) is 0 Å². The van der Waals surface area contributed by atoms with Crippen molar-refractivity contribution in [3.63, 3.8) is 0 Å². The second kappa shape index (κ2) is 8.99. The molecule has 0 unspecified atom stereocenters. The molecule has 0 atom stereocenters. The van der Waals surface area contributed by atoms with E-state index >= 15 is 0 Å². The molecule has 0 fully saturated rings. The topological polar surface area (TPSA) is 59.8 Å². The summed E-state index contributed by atoms with van der Waals surface area (Å²) >= 11 is 0. The molecular weight excluding hydrogens is 378 g/mol. The number of rotatable bonds is 6.